The molecule has 1 heterocycles. The fourth-order valence-electron chi connectivity index (χ4n) is 1.89. The molecule has 0 saturated carbocycles. The zero-order valence-corrected chi connectivity index (χ0v) is 8.81. The molecular formula is C10H20F2N2. The van der Waals surface area contributed by atoms with Crippen LogP contribution in [0, 0.1) is 0 Å². The first-order valence-electron chi connectivity index (χ1n) is 5.46. The molecule has 0 spiro atoms. The quantitative estimate of drug-likeness (QED) is 0.756. The number of hydrogen-bond acceptors (Lipinski definition) is 2. The van der Waals surface area contributed by atoms with Gasteiger partial charge in [-0.1, -0.05) is 6.92 Å². The summed E-state index contributed by atoms with van der Waals surface area (Å²) in [4.78, 5) is 1.88. The van der Waals surface area contributed by atoms with Crippen LogP contribution in [0.25, 0.3) is 0 Å². The molecule has 14 heavy (non-hydrogen) atoms. The number of alkyl halides is 2. The molecule has 0 radical (unpaired) electrons. The fraction of sp³-hybridized carbons (Fsp3) is 1.00. The van der Waals surface area contributed by atoms with Crippen molar-refractivity contribution in [1.29, 1.82) is 0 Å². The molecule has 1 N–H and O–H groups in total. The van der Waals surface area contributed by atoms with E-state index in [0.29, 0.717) is 6.04 Å². The van der Waals surface area contributed by atoms with Crippen LogP contribution in [0.4, 0.5) is 8.78 Å². The van der Waals surface area contributed by atoms with E-state index in [1.807, 2.05) is 4.90 Å². The van der Waals surface area contributed by atoms with Gasteiger partial charge in [-0.15, -0.1) is 0 Å². The van der Waals surface area contributed by atoms with E-state index in [0.717, 1.165) is 38.9 Å². The topological polar surface area (TPSA) is 15.3 Å². The standard InChI is InChI=1S/C10H20F2N2/c1-2-9-4-7-14(8-10(11)12)6-3-5-13-9/h9-10,13H,2-8H2,1H3. The minimum Gasteiger partial charge on any atom is -0.314 e. The predicted molar refractivity (Wildman–Crippen MR) is 53.8 cm³/mol. The van der Waals surface area contributed by atoms with Crippen molar-refractivity contribution in [2.45, 2.75) is 38.7 Å². The Hall–Kier alpha value is -0.220. The first kappa shape index (κ1) is 11.9. The van der Waals surface area contributed by atoms with Gasteiger partial charge in [-0.25, -0.2) is 8.78 Å². The summed E-state index contributed by atoms with van der Waals surface area (Å²) >= 11 is 0. The Balaban J connectivity index is 2.30. The van der Waals surface area contributed by atoms with E-state index in [9.17, 15) is 8.78 Å². The van der Waals surface area contributed by atoms with E-state index in [2.05, 4.69) is 12.2 Å². The van der Waals surface area contributed by atoms with Gasteiger partial charge in [0.15, 0.2) is 0 Å². The van der Waals surface area contributed by atoms with Crippen molar-refractivity contribution < 1.29 is 8.78 Å². The van der Waals surface area contributed by atoms with Crippen LogP contribution in [0.2, 0.25) is 0 Å². The first-order chi connectivity index (χ1) is 6.72. The molecule has 1 aliphatic heterocycles. The van der Waals surface area contributed by atoms with Gasteiger partial charge in [0.1, 0.15) is 0 Å². The number of hydrogen-bond donors (Lipinski definition) is 1. The van der Waals surface area contributed by atoms with Crippen LogP contribution in [0.5, 0.6) is 0 Å². The molecule has 84 valence electrons. The first-order valence-corrected chi connectivity index (χ1v) is 5.46. The summed E-state index contributed by atoms with van der Waals surface area (Å²) in [6.07, 6.45) is 0.858. The normalized spacial score (nSPS) is 26.1. The maximum Gasteiger partial charge on any atom is 0.251 e. The molecule has 2 nitrogen and oxygen atoms in total. The Kier molecular flexibility index (Phi) is 5.33. The van der Waals surface area contributed by atoms with Crippen LogP contribution in [-0.4, -0.2) is 43.5 Å². The zero-order chi connectivity index (χ0) is 10.4. The maximum atomic E-state index is 12.2. The maximum absolute atomic E-state index is 12.2. The lowest BCUT2D eigenvalue weighted by molar-refractivity contribution is 0.0822. The Bertz CT molecular complexity index is 153. The average Bonchev–Trinajstić information content (AvgIpc) is 2.10. The van der Waals surface area contributed by atoms with Gasteiger partial charge in [0.25, 0.3) is 6.43 Å². The molecule has 1 aliphatic rings. The molecule has 0 aromatic heterocycles. The van der Waals surface area contributed by atoms with Gasteiger partial charge in [-0.05, 0) is 38.9 Å². The van der Waals surface area contributed by atoms with Gasteiger partial charge >= 0.3 is 0 Å². The molecule has 1 fully saturated rings. The largest absolute Gasteiger partial charge is 0.314 e. The molecule has 1 unspecified atom stereocenters. The van der Waals surface area contributed by atoms with Crippen molar-refractivity contribution in [3.05, 3.63) is 0 Å². The molecule has 1 rings (SSSR count). The number of halogens is 2. The summed E-state index contributed by atoms with van der Waals surface area (Å²) in [6.45, 7) is 4.63. The van der Waals surface area contributed by atoms with Gasteiger partial charge < -0.3 is 5.32 Å². The van der Waals surface area contributed by atoms with E-state index >= 15 is 0 Å². The van der Waals surface area contributed by atoms with E-state index in [4.69, 9.17) is 0 Å². The minimum atomic E-state index is -2.19. The highest BCUT2D eigenvalue weighted by Crippen LogP contribution is 2.07. The lowest BCUT2D eigenvalue weighted by atomic mass is 10.1. The Morgan fingerprint density at radius 2 is 2.21 bits per heavy atom. The second kappa shape index (κ2) is 6.30. The van der Waals surface area contributed by atoms with Crippen molar-refractivity contribution in [2.24, 2.45) is 0 Å². The molecule has 4 heteroatoms. The second-order valence-electron chi connectivity index (χ2n) is 3.89. The molecule has 1 atom stereocenters. The van der Waals surface area contributed by atoms with Gasteiger partial charge in [-0.2, -0.15) is 0 Å². The highest BCUT2D eigenvalue weighted by molar-refractivity contribution is 4.72. The molecule has 1 saturated heterocycles. The van der Waals surface area contributed by atoms with Crippen LogP contribution in [0.15, 0.2) is 0 Å². The predicted octanol–water partition coefficient (Wildman–Crippen LogP) is 1.72. The monoisotopic (exact) mass is 206 g/mol. The Labute approximate surface area is 84.7 Å². The lowest BCUT2D eigenvalue weighted by Crippen LogP contribution is -2.41. The van der Waals surface area contributed by atoms with Gasteiger partial charge in [0.2, 0.25) is 0 Å². The van der Waals surface area contributed by atoms with E-state index in [-0.39, 0.29) is 6.54 Å². The molecule has 0 amide bonds. The molecule has 0 aliphatic carbocycles. The van der Waals surface area contributed by atoms with Crippen molar-refractivity contribution in [1.82, 2.24) is 10.2 Å². The van der Waals surface area contributed by atoms with Gasteiger partial charge in [-0.3, -0.25) is 4.90 Å². The summed E-state index contributed by atoms with van der Waals surface area (Å²) in [5, 5.41) is 3.43. The summed E-state index contributed by atoms with van der Waals surface area (Å²) in [5.41, 5.74) is 0. The summed E-state index contributed by atoms with van der Waals surface area (Å²) in [5.74, 6) is 0. The number of rotatable bonds is 3. The zero-order valence-electron chi connectivity index (χ0n) is 8.81. The lowest BCUT2D eigenvalue weighted by Gasteiger charge is -2.28. The van der Waals surface area contributed by atoms with E-state index in [1.165, 1.54) is 0 Å². The van der Waals surface area contributed by atoms with E-state index < -0.39 is 6.43 Å². The van der Waals surface area contributed by atoms with Crippen molar-refractivity contribution >= 4 is 0 Å². The fourth-order valence-corrected chi connectivity index (χ4v) is 1.89. The Morgan fingerprint density at radius 3 is 2.86 bits per heavy atom. The van der Waals surface area contributed by atoms with Crippen LogP contribution in [0.1, 0.15) is 26.2 Å². The molecule has 0 aromatic rings. The summed E-state index contributed by atoms with van der Waals surface area (Å²) in [6, 6.07) is 0.510. The third-order valence-corrected chi connectivity index (χ3v) is 2.77. The van der Waals surface area contributed by atoms with Crippen LogP contribution in [0.3, 0.4) is 0 Å². The second-order valence-corrected chi connectivity index (χ2v) is 3.89. The summed E-state index contributed by atoms with van der Waals surface area (Å²) < 4.78 is 24.4. The highest BCUT2D eigenvalue weighted by Gasteiger charge is 2.16. The smallest absolute Gasteiger partial charge is 0.251 e. The SMILES string of the molecule is CCC1CCN(CC(F)F)CCCN1. The third kappa shape index (κ3) is 4.33. The van der Waals surface area contributed by atoms with E-state index in [1.54, 1.807) is 0 Å². The van der Waals surface area contributed by atoms with Crippen LogP contribution < -0.4 is 5.32 Å². The summed E-state index contributed by atoms with van der Waals surface area (Å²) in [7, 11) is 0. The molecule has 0 aromatic carbocycles. The Morgan fingerprint density at radius 1 is 1.43 bits per heavy atom. The van der Waals surface area contributed by atoms with Gasteiger partial charge in [0, 0.05) is 6.04 Å². The van der Waals surface area contributed by atoms with Crippen molar-refractivity contribution in [3.63, 3.8) is 0 Å². The van der Waals surface area contributed by atoms with Gasteiger partial charge in [0.05, 0.1) is 6.54 Å². The minimum absolute atomic E-state index is 0.0591. The number of nitrogens with one attached hydrogen (secondary N) is 1. The number of nitrogens with zero attached hydrogens (tertiary/aromatic N) is 1. The average molecular weight is 206 g/mol. The van der Waals surface area contributed by atoms with Crippen LogP contribution in [-0.2, 0) is 0 Å². The van der Waals surface area contributed by atoms with Crippen molar-refractivity contribution in [2.75, 3.05) is 26.2 Å². The highest BCUT2D eigenvalue weighted by atomic mass is 19.3. The van der Waals surface area contributed by atoms with Crippen molar-refractivity contribution in [3.8, 4) is 0 Å². The molecular weight excluding hydrogens is 186 g/mol. The van der Waals surface area contributed by atoms with Crippen LogP contribution >= 0.6 is 0 Å². The molecule has 0 bridgehead atoms. The third-order valence-electron chi connectivity index (χ3n) is 2.77.